The van der Waals surface area contributed by atoms with Gasteiger partial charge >= 0.3 is 0 Å². The smallest absolute Gasteiger partial charge is 0.0328 e. The van der Waals surface area contributed by atoms with Crippen LogP contribution < -0.4 is 11.1 Å². The molecule has 1 aromatic rings. The molecule has 21 heavy (non-hydrogen) atoms. The van der Waals surface area contributed by atoms with E-state index in [9.17, 15) is 0 Å². The Bertz CT molecular complexity index is 537. The zero-order valence-electron chi connectivity index (χ0n) is 12.7. The molecule has 0 aliphatic heterocycles. The van der Waals surface area contributed by atoms with Gasteiger partial charge in [0.25, 0.3) is 0 Å². The van der Waals surface area contributed by atoms with Crippen molar-refractivity contribution >= 4 is 5.69 Å². The standard InChI is InChI=1S/C19H26N2/c20-16-2-3-17-13(10-16)1-4-18(17)21-19-14-6-11-5-12(8-14)9-15(19)7-11/h2-3,10-12,14-15,18-19,21H,1,4-9,20H2. The maximum atomic E-state index is 5.94. The number of anilines is 1. The van der Waals surface area contributed by atoms with Crippen LogP contribution in [0.25, 0.3) is 0 Å². The van der Waals surface area contributed by atoms with E-state index in [2.05, 4.69) is 23.5 Å². The third kappa shape index (κ3) is 1.95. The number of nitrogens with one attached hydrogen (secondary N) is 1. The SMILES string of the molecule is Nc1ccc2c(c1)CCC2NC1C2CC3CC(C2)CC1C3. The minimum absolute atomic E-state index is 0.586. The summed E-state index contributed by atoms with van der Waals surface area (Å²) in [5, 5.41) is 4.10. The molecule has 112 valence electrons. The van der Waals surface area contributed by atoms with Crippen molar-refractivity contribution < 1.29 is 0 Å². The molecule has 1 atom stereocenters. The summed E-state index contributed by atoms with van der Waals surface area (Å²) in [6.45, 7) is 0. The molecule has 3 N–H and O–H groups in total. The van der Waals surface area contributed by atoms with E-state index in [0.29, 0.717) is 6.04 Å². The van der Waals surface area contributed by atoms with E-state index in [0.717, 1.165) is 35.4 Å². The van der Waals surface area contributed by atoms with E-state index >= 15 is 0 Å². The molecule has 2 nitrogen and oxygen atoms in total. The molecule has 4 bridgehead atoms. The number of benzene rings is 1. The number of hydrogen-bond acceptors (Lipinski definition) is 2. The highest BCUT2D eigenvalue weighted by molar-refractivity contribution is 5.47. The summed E-state index contributed by atoms with van der Waals surface area (Å²) in [4.78, 5) is 0. The van der Waals surface area contributed by atoms with Gasteiger partial charge in [-0.05, 0) is 91.9 Å². The zero-order chi connectivity index (χ0) is 14.0. The van der Waals surface area contributed by atoms with Gasteiger partial charge in [-0.15, -0.1) is 0 Å². The molecule has 5 aliphatic carbocycles. The lowest BCUT2D eigenvalue weighted by molar-refractivity contribution is -0.0177. The molecule has 1 unspecified atom stereocenters. The highest BCUT2D eigenvalue weighted by Crippen LogP contribution is 2.54. The lowest BCUT2D eigenvalue weighted by Crippen LogP contribution is -2.55. The van der Waals surface area contributed by atoms with Crippen LogP contribution in [-0.4, -0.2) is 6.04 Å². The van der Waals surface area contributed by atoms with Gasteiger partial charge < -0.3 is 11.1 Å². The molecule has 0 aromatic heterocycles. The molecule has 0 amide bonds. The Morgan fingerprint density at radius 3 is 2.38 bits per heavy atom. The lowest BCUT2D eigenvalue weighted by atomic mass is 9.54. The lowest BCUT2D eigenvalue weighted by Gasteiger charge is -2.55. The summed E-state index contributed by atoms with van der Waals surface area (Å²) in [5.74, 6) is 4.08. The van der Waals surface area contributed by atoms with Crippen LogP contribution in [0.15, 0.2) is 18.2 Å². The quantitative estimate of drug-likeness (QED) is 0.812. The summed E-state index contributed by atoms with van der Waals surface area (Å²) in [6, 6.07) is 7.92. The molecule has 1 aromatic carbocycles. The zero-order valence-corrected chi connectivity index (χ0v) is 12.7. The van der Waals surface area contributed by atoms with E-state index in [-0.39, 0.29) is 0 Å². The third-order valence-corrected chi connectivity index (χ3v) is 6.87. The van der Waals surface area contributed by atoms with Gasteiger partial charge in [0.2, 0.25) is 0 Å². The van der Waals surface area contributed by atoms with E-state index in [4.69, 9.17) is 5.73 Å². The van der Waals surface area contributed by atoms with Gasteiger partial charge in [0.15, 0.2) is 0 Å². The average molecular weight is 282 g/mol. The number of aryl methyl sites for hydroxylation is 1. The first-order chi connectivity index (χ1) is 10.3. The van der Waals surface area contributed by atoms with Crippen molar-refractivity contribution in [1.29, 1.82) is 0 Å². The van der Waals surface area contributed by atoms with E-state index in [1.165, 1.54) is 49.7 Å². The van der Waals surface area contributed by atoms with Crippen LogP contribution in [0.4, 0.5) is 5.69 Å². The number of fused-ring (bicyclic) bond motifs is 1. The van der Waals surface area contributed by atoms with Gasteiger partial charge in [0, 0.05) is 17.8 Å². The summed E-state index contributed by atoms with van der Waals surface area (Å²) >= 11 is 0. The molecule has 0 radical (unpaired) electrons. The first-order valence-corrected chi connectivity index (χ1v) is 8.90. The summed E-state index contributed by atoms with van der Waals surface area (Å²) in [6.07, 6.45) is 10.0. The summed E-state index contributed by atoms with van der Waals surface area (Å²) in [5.41, 5.74) is 9.86. The molecular weight excluding hydrogens is 256 g/mol. The number of nitrogen functional groups attached to an aromatic ring is 1. The van der Waals surface area contributed by atoms with Crippen LogP contribution in [0.5, 0.6) is 0 Å². The fourth-order valence-corrected chi connectivity index (χ4v) is 6.24. The third-order valence-electron chi connectivity index (χ3n) is 6.87. The molecule has 2 heteroatoms. The Morgan fingerprint density at radius 1 is 0.952 bits per heavy atom. The minimum atomic E-state index is 0.586. The fourth-order valence-electron chi connectivity index (χ4n) is 6.24. The molecular formula is C19H26N2. The molecule has 6 rings (SSSR count). The minimum Gasteiger partial charge on any atom is -0.399 e. The number of nitrogens with two attached hydrogens (primary N) is 1. The fraction of sp³-hybridized carbons (Fsp3) is 0.684. The van der Waals surface area contributed by atoms with Crippen LogP contribution in [0, 0.1) is 23.7 Å². The molecule has 4 saturated carbocycles. The average Bonchev–Trinajstić information content (AvgIpc) is 2.84. The van der Waals surface area contributed by atoms with Gasteiger partial charge in [-0.25, -0.2) is 0 Å². The van der Waals surface area contributed by atoms with Crippen LogP contribution in [-0.2, 0) is 6.42 Å². The second-order valence-corrected chi connectivity index (χ2v) is 8.17. The van der Waals surface area contributed by atoms with Gasteiger partial charge in [-0.3, -0.25) is 0 Å². The Morgan fingerprint density at radius 2 is 1.67 bits per heavy atom. The van der Waals surface area contributed by atoms with Gasteiger partial charge in [-0.2, -0.15) is 0 Å². The highest BCUT2D eigenvalue weighted by atomic mass is 15.0. The molecule has 0 saturated heterocycles. The second kappa shape index (κ2) is 4.49. The van der Waals surface area contributed by atoms with E-state index in [1.54, 1.807) is 6.42 Å². The predicted molar refractivity (Wildman–Crippen MR) is 85.9 cm³/mol. The first-order valence-electron chi connectivity index (χ1n) is 8.90. The maximum absolute atomic E-state index is 5.94. The Balaban J connectivity index is 1.37. The molecule has 5 aliphatic rings. The van der Waals surface area contributed by atoms with Gasteiger partial charge in [0.05, 0.1) is 0 Å². The van der Waals surface area contributed by atoms with Crippen LogP contribution in [0.1, 0.15) is 55.7 Å². The Kier molecular flexibility index (Phi) is 2.67. The highest BCUT2D eigenvalue weighted by Gasteiger charge is 2.48. The van der Waals surface area contributed by atoms with Crippen molar-refractivity contribution in [2.75, 3.05) is 5.73 Å². The van der Waals surface area contributed by atoms with E-state index in [1.807, 2.05) is 0 Å². The van der Waals surface area contributed by atoms with Crippen LogP contribution >= 0.6 is 0 Å². The molecule has 4 fully saturated rings. The molecule has 0 heterocycles. The van der Waals surface area contributed by atoms with Crippen LogP contribution in [0.2, 0.25) is 0 Å². The normalized spacial score (nSPS) is 43.2. The maximum Gasteiger partial charge on any atom is 0.0328 e. The summed E-state index contributed by atoms with van der Waals surface area (Å²) < 4.78 is 0. The topological polar surface area (TPSA) is 38.0 Å². The van der Waals surface area contributed by atoms with Crippen molar-refractivity contribution in [3.05, 3.63) is 29.3 Å². The second-order valence-electron chi connectivity index (χ2n) is 8.17. The predicted octanol–water partition coefficient (Wildman–Crippen LogP) is 3.67. The Labute approximate surface area is 127 Å². The van der Waals surface area contributed by atoms with Gasteiger partial charge in [0.1, 0.15) is 0 Å². The van der Waals surface area contributed by atoms with Crippen molar-refractivity contribution in [1.82, 2.24) is 5.32 Å². The Hall–Kier alpha value is -1.02. The van der Waals surface area contributed by atoms with Crippen molar-refractivity contribution in [3.8, 4) is 0 Å². The monoisotopic (exact) mass is 282 g/mol. The molecule has 0 spiro atoms. The van der Waals surface area contributed by atoms with Crippen molar-refractivity contribution in [2.45, 2.75) is 57.0 Å². The number of rotatable bonds is 2. The van der Waals surface area contributed by atoms with Crippen LogP contribution in [0.3, 0.4) is 0 Å². The first kappa shape index (κ1) is 12.5. The van der Waals surface area contributed by atoms with Gasteiger partial charge in [-0.1, -0.05) is 6.07 Å². The largest absolute Gasteiger partial charge is 0.399 e. The summed E-state index contributed by atoms with van der Waals surface area (Å²) in [7, 11) is 0. The number of hydrogen-bond donors (Lipinski definition) is 2. The van der Waals surface area contributed by atoms with Crippen molar-refractivity contribution in [3.63, 3.8) is 0 Å². The van der Waals surface area contributed by atoms with Crippen molar-refractivity contribution in [2.24, 2.45) is 23.7 Å². The van der Waals surface area contributed by atoms with E-state index < -0.39 is 0 Å².